The van der Waals surface area contributed by atoms with Gasteiger partial charge in [0.1, 0.15) is 6.33 Å². The summed E-state index contributed by atoms with van der Waals surface area (Å²) in [6.45, 7) is 0. The van der Waals surface area contributed by atoms with Crippen LogP contribution in [0.3, 0.4) is 0 Å². The summed E-state index contributed by atoms with van der Waals surface area (Å²) in [7, 11) is 0. The van der Waals surface area contributed by atoms with Gasteiger partial charge < -0.3 is 0 Å². The minimum Gasteiger partial charge on any atom is -0.259 e. The Morgan fingerprint density at radius 1 is 1.12 bits per heavy atom. The third-order valence-electron chi connectivity index (χ3n) is 2.29. The third-order valence-corrected chi connectivity index (χ3v) is 2.29. The molecule has 3 aromatic rings. The zero-order valence-electron chi connectivity index (χ0n) is 8.41. The molecule has 0 atom stereocenters. The number of benzene rings is 1. The summed E-state index contributed by atoms with van der Waals surface area (Å²) in [5, 5.41) is 10.9. The molecule has 0 amide bonds. The molecule has 0 saturated heterocycles. The van der Waals surface area contributed by atoms with Gasteiger partial charge in [-0.15, -0.1) is 0 Å². The fraction of sp³-hybridized carbons (Fsp3) is 0. The molecule has 0 radical (unpaired) electrons. The minimum absolute atomic E-state index is 0.724. The predicted molar refractivity (Wildman–Crippen MR) is 58.9 cm³/mol. The van der Waals surface area contributed by atoms with E-state index in [1.807, 2.05) is 36.5 Å². The van der Waals surface area contributed by atoms with Crippen molar-refractivity contribution in [2.45, 2.75) is 0 Å². The van der Waals surface area contributed by atoms with Gasteiger partial charge in [0.15, 0.2) is 5.82 Å². The molecule has 3 rings (SSSR count). The molecular weight excluding hydrogens is 202 g/mol. The van der Waals surface area contributed by atoms with Crippen LogP contribution in [0.2, 0.25) is 0 Å². The van der Waals surface area contributed by atoms with E-state index >= 15 is 0 Å². The Kier molecular flexibility index (Phi) is 2.00. The highest BCUT2D eigenvalue weighted by Gasteiger charge is 2.04. The van der Waals surface area contributed by atoms with Gasteiger partial charge in [-0.3, -0.25) is 5.10 Å². The Morgan fingerprint density at radius 3 is 2.75 bits per heavy atom. The van der Waals surface area contributed by atoms with Gasteiger partial charge in [-0.05, 0) is 12.1 Å². The van der Waals surface area contributed by atoms with Crippen LogP contribution in [0.5, 0.6) is 0 Å². The van der Waals surface area contributed by atoms with Crippen molar-refractivity contribution in [3.05, 3.63) is 49.1 Å². The number of rotatable bonds is 2. The molecule has 16 heavy (non-hydrogen) atoms. The van der Waals surface area contributed by atoms with E-state index in [0.29, 0.717) is 0 Å². The first-order valence-electron chi connectivity index (χ1n) is 4.89. The van der Waals surface area contributed by atoms with Gasteiger partial charge in [0.25, 0.3) is 0 Å². The highest BCUT2D eigenvalue weighted by atomic mass is 15.3. The molecule has 2 aromatic heterocycles. The Labute approximate surface area is 91.8 Å². The van der Waals surface area contributed by atoms with Crippen LogP contribution >= 0.6 is 0 Å². The lowest BCUT2D eigenvalue weighted by Gasteiger charge is -1.98. The number of nitrogens with one attached hydrogen (secondary N) is 1. The van der Waals surface area contributed by atoms with Gasteiger partial charge in [-0.1, -0.05) is 18.2 Å². The number of hydrogen-bond acceptors (Lipinski definition) is 3. The van der Waals surface area contributed by atoms with Crippen molar-refractivity contribution < 1.29 is 0 Å². The molecular formula is C11H9N5. The lowest BCUT2D eigenvalue weighted by Crippen LogP contribution is -1.92. The van der Waals surface area contributed by atoms with Crippen LogP contribution in [0.25, 0.3) is 17.1 Å². The fourth-order valence-corrected chi connectivity index (χ4v) is 1.51. The topological polar surface area (TPSA) is 59.4 Å². The van der Waals surface area contributed by atoms with Crippen LogP contribution < -0.4 is 0 Å². The average Bonchev–Trinajstić information content (AvgIpc) is 3.01. The number of para-hydroxylation sites is 1. The van der Waals surface area contributed by atoms with Gasteiger partial charge in [0.2, 0.25) is 0 Å². The van der Waals surface area contributed by atoms with E-state index in [4.69, 9.17) is 0 Å². The normalized spacial score (nSPS) is 10.5. The second-order valence-corrected chi connectivity index (χ2v) is 3.34. The van der Waals surface area contributed by atoms with Crippen molar-refractivity contribution in [3.63, 3.8) is 0 Å². The molecule has 0 aliphatic heterocycles. The van der Waals surface area contributed by atoms with E-state index in [9.17, 15) is 0 Å². The van der Waals surface area contributed by atoms with Crippen molar-refractivity contribution in [1.82, 2.24) is 25.0 Å². The first-order valence-corrected chi connectivity index (χ1v) is 4.89. The largest absolute Gasteiger partial charge is 0.259 e. The maximum Gasteiger partial charge on any atom is 0.158 e. The summed E-state index contributed by atoms with van der Waals surface area (Å²) < 4.78 is 1.80. The van der Waals surface area contributed by atoms with Crippen molar-refractivity contribution >= 4 is 0 Å². The zero-order chi connectivity index (χ0) is 10.8. The monoisotopic (exact) mass is 211 g/mol. The second-order valence-electron chi connectivity index (χ2n) is 3.34. The molecule has 0 saturated carbocycles. The molecule has 0 aliphatic carbocycles. The zero-order valence-corrected chi connectivity index (χ0v) is 8.41. The molecule has 2 heterocycles. The van der Waals surface area contributed by atoms with Crippen LogP contribution in [0.1, 0.15) is 0 Å². The maximum atomic E-state index is 4.27. The van der Waals surface area contributed by atoms with Crippen molar-refractivity contribution in [2.75, 3.05) is 0 Å². The van der Waals surface area contributed by atoms with Crippen LogP contribution in [-0.4, -0.2) is 25.0 Å². The molecule has 78 valence electrons. The number of hydrogen-bond donors (Lipinski definition) is 1. The third kappa shape index (κ3) is 1.48. The van der Waals surface area contributed by atoms with Gasteiger partial charge in [-0.25, -0.2) is 9.67 Å². The van der Waals surface area contributed by atoms with E-state index in [-0.39, 0.29) is 0 Å². The Morgan fingerprint density at radius 2 is 2.00 bits per heavy atom. The van der Waals surface area contributed by atoms with E-state index < -0.39 is 0 Å². The summed E-state index contributed by atoms with van der Waals surface area (Å²) >= 11 is 0. The van der Waals surface area contributed by atoms with Crippen molar-refractivity contribution in [3.8, 4) is 17.1 Å². The smallest absolute Gasteiger partial charge is 0.158 e. The first-order chi connectivity index (χ1) is 7.93. The van der Waals surface area contributed by atoms with Crippen LogP contribution in [-0.2, 0) is 0 Å². The summed E-state index contributed by atoms with van der Waals surface area (Å²) in [6.07, 6.45) is 5.15. The first kappa shape index (κ1) is 8.84. The highest BCUT2D eigenvalue weighted by molar-refractivity contribution is 5.52. The Balaban J connectivity index is 2.00. The SMILES string of the molecule is c1ccc(-n2cc(-c3ncn[nH]3)cn2)cc1. The lowest BCUT2D eigenvalue weighted by molar-refractivity contribution is 0.880. The molecule has 1 N–H and O–H groups in total. The summed E-state index contributed by atoms with van der Waals surface area (Å²) in [4.78, 5) is 4.07. The standard InChI is InChI=1S/C11H9N5/c1-2-4-10(5-3-1)16-7-9(6-14-16)11-12-8-13-15-11/h1-8H,(H,12,13,15). The molecule has 0 fully saturated rings. The van der Waals surface area contributed by atoms with Crippen LogP contribution in [0, 0.1) is 0 Å². The summed E-state index contributed by atoms with van der Waals surface area (Å²) in [5.74, 6) is 0.724. The molecule has 0 spiro atoms. The average molecular weight is 211 g/mol. The molecule has 5 heteroatoms. The number of nitrogens with zero attached hydrogens (tertiary/aromatic N) is 4. The predicted octanol–water partition coefficient (Wildman–Crippen LogP) is 1.66. The Hall–Kier alpha value is -2.43. The van der Waals surface area contributed by atoms with Gasteiger partial charge in [-0.2, -0.15) is 10.2 Å². The van der Waals surface area contributed by atoms with Gasteiger partial charge in [0.05, 0.1) is 17.4 Å². The van der Waals surface area contributed by atoms with Gasteiger partial charge >= 0.3 is 0 Å². The minimum atomic E-state index is 0.724. The summed E-state index contributed by atoms with van der Waals surface area (Å²) in [5.41, 5.74) is 1.94. The Bertz CT molecular complexity index is 567. The number of H-pyrrole nitrogens is 1. The number of aromatic nitrogens is 5. The quantitative estimate of drug-likeness (QED) is 0.701. The van der Waals surface area contributed by atoms with Gasteiger partial charge in [0, 0.05) is 6.20 Å². The molecule has 5 nitrogen and oxygen atoms in total. The van der Waals surface area contributed by atoms with E-state index in [0.717, 1.165) is 17.1 Å². The van der Waals surface area contributed by atoms with Crippen LogP contribution in [0.4, 0.5) is 0 Å². The van der Waals surface area contributed by atoms with Crippen molar-refractivity contribution in [2.24, 2.45) is 0 Å². The molecule has 0 unspecified atom stereocenters. The number of aromatic amines is 1. The summed E-state index contributed by atoms with van der Waals surface area (Å²) in [6, 6.07) is 9.93. The maximum absolute atomic E-state index is 4.27. The van der Waals surface area contributed by atoms with Crippen LogP contribution in [0.15, 0.2) is 49.1 Å². The lowest BCUT2D eigenvalue weighted by atomic mass is 10.3. The highest BCUT2D eigenvalue weighted by Crippen LogP contribution is 2.14. The van der Waals surface area contributed by atoms with E-state index in [1.54, 1.807) is 10.9 Å². The molecule has 1 aromatic carbocycles. The second kappa shape index (κ2) is 3.62. The fourth-order valence-electron chi connectivity index (χ4n) is 1.51. The van der Waals surface area contributed by atoms with E-state index in [1.165, 1.54) is 6.33 Å². The molecule has 0 aliphatic rings. The molecule has 0 bridgehead atoms. The van der Waals surface area contributed by atoms with E-state index in [2.05, 4.69) is 20.3 Å². The van der Waals surface area contributed by atoms with Crippen molar-refractivity contribution in [1.29, 1.82) is 0 Å².